The maximum absolute atomic E-state index is 6.07. The standard InChI is InChI=1S/C12H16BrNO/c13-11-3-1-9(2-4-11)7-10-8-15-6-5-12(10)14/h1-4,10,12H,5-8,14H2. The Labute approximate surface area is 98.9 Å². The highest BCUT2D eigenvalue weighted by Gasteiger charge is 2.22. The zero-order chi connectivity index (χ0) is 10.7. The van der Waals surface area contributed by atoms with Crippen LogP contribution in [0, 0.1) is 5.92 Å². The predicted molar refractivity (Wildman–Crippen MR) is 64.7 cm³/mol. The lowest BCUT2D eigenvalue weighted by Crippen LogP contribution is -2.39. The molecule has 2 rings (SSSR count). The summed E-state index contributed by atoms with van der Waals surface area (Å²) in [4.78, 5) is 0. The third-order valence-electron chi connectivity index (χ3n) is 2.94. The minimum Gasteiger partial charge on any atom is -0.381 e. The maximum Gasteiger partial charge on any atom is 0.0512 e. The lowest BCUT2D eigenvalue weighted by atomic mass is 9.90. The van der Waals surface area contributed by atoms with E-state index in [2.05, 4.69) is 40.2 Å². The highest BCUT2D eigenvalue weighted by Crippen LogP contribution is 2.19. The Kier molecular flexibility index (Phi) is 3.78. The molecule has 0 radical (unpaired) electrons. The molecule has 2 N–H and O–H groups in total. The molecule has 82 valence electrons. The molecule has 2 nitrogen and oxygen atoms in total. The average Bonchev–Trinajstić information content (AvgIpc) is 2.25. The molecule has 1 aromatic carbocycles. The van der Waals surface area contributed by atoms with Crippen LogP contribution in [0.4, 0.5) is 0 Å². The minimum absolute atomic E-state index is 0.294. The molecule has 0 spiro atoms. The molecule has 1 heterocycles. The largest absolute Gasteiger partial charge is 0.381 e. The van der Waals surface area contributed by atoms with Crippen molar-refractivity contribution in [1.29, 1.82) is 0 Å². The highest BCUT2D eigenvalue weighted by atomic mass is 79.9. The van der Waals surface area contributed by atoms with E-state index in [9.17, 15) is 0 Å². The maximum atomic E-state index is 6.07. The fourth-order valence-corrected chi connectivity index (χ4v) is 2.21. The van der Waals surface area contributed by atoms with Crippen LogP contribution in [-0.2, 0) is 11.2 Å². The molecule has 0 aromatic heterocycles. The van der Waals surface area contributed by atoms with Gasteiger partial charge in [0.25, 0.3) is 0 Å². The Morgan fingerprint density at radius 3 is 2.73 bits per heavy atom. The molecule has 0 bridgehead atoms. The van der Waals surface area contributed by atoms with Gasteiger partial charge in [-0.15, -0.1) is 0 Å². The summed E-state index contributed by atoms with van der Waals surface area (Å²) in [6.45, 7) is 1.62. The van der Waals surface area contributed by atoms with Crippen molar-refractivity contribution in [2.24, 2.45) is 11.7 Å². The van der Waals surface area contributed by atoms with Gasteiger partial charge in [-0.25, -0.2) is 0 Å². The molecular weight excluding hydrogens is 254 g/mol. The first-order chi connectivity index (χ1) is 7.25. The third kappa shape index (κ3) is 3.03. The zero-order valence-corrected chi connectivity index (χ0v) is 10.2. The van der Waals surface area contributed by atoms with Gasteiger partial charge in [-0.05, 0) is 30.5 Å². The molecule has 0 aliphatic carbocycles. The van der Waals surface area contributed by atoms with Crippen LogP contribution in [-0.4, -0.2) is 19.3 Å². The van der Waals surface area contributed by atoms with Crippen LogP contribution >= 0.6 is 15.9 Å². The minimum atomic E-state index is 0.294. The Balaban J connectivity index is 1.98. The molecule has 0 amide bonds. The Bertz CT molecular complexity index is 312. The lowest BCUT2D eigenvalue weighted by Gasteiger charge is -2.28. The van der Waals surface area contributed by atoms with Gasteiger partial charge in [-0.1, -0.05) is 28.1 Å². The van der Waals surface area contributed by atoms with Gasteiger partial charge in [0, 0.05) is 23.0 Å². The fourth-order valence-electron chi connectivity index (χ4n) is 1.95. The summed E-state index contributed by atoms with van der Waals surface area (Å²) in [5.74, 6) is 0.472. The molecule has 15 heavy (non-hydrogen) atoms. The predicted octanol–water partition coefficient (Wildman–Crippen LogP) is 2.36. The van der Waals surface area contributed by atoms with Gasteiger partial charge >= 0.3 is 0 Å². The van der Waals surface area contributed by atoms with E-state index in [-0.39, 0.29) is 0 Å². The van der Waals surface area contributed by atoms with E-state index < -0.39 is 0 Å². The van der Waals surface area contributed by atoms with Crippen molar-refractivity contribution in [1.82, 2.24) is 0 Å². The van der Waals surface area contributed by atoms with Gasteiger partial charge in [0.05, 0.1) is 6.61 Å². The van der Waals surface area contributed by atoms with E-state index in [0.29, 0.717) is 12.0 Å². The molecule has 1 aromatic rings. The van der Waals surface area contributed by atoms with E-state index in [0.717, 1.165) is 30.5 Å². The monoisotopic (exact) mass is 269 g/mol. The number of nitrogens with two attached hydrogens (primary N) is 1. The molecule has 1 fully saturated rings. The second-order valence-corrected chi connectivity index (χ2v) is 5.03. The third-order valence-corrected chi connectivity index (χ3v) is 3.47. The quantitative estimate of drug-likeness (QED) is 0.895. The van der Waals surface area contributed by atoms with Crippen molar-refractivity contribution in [3.63, 3.8) is 0 Å². The lowest BCUT2D eigenvalue weighted by molar-refractivity contribution is 0.0422. The number of halogens is 1. The number of ether oxygens (including phenoxy) is 1. The first-order valence-electron chi connectivity index (χ1n) is 5.33. The van der Waals surface area contributed by atoms with Crippen LogP contribution in [0.25, 0.3) is 0 Å². The topological polar surface area (TPSA) is 35.2 Å². The Morgan fingerprint density at radius 2 is 2.07 bits per heavy atom. The van der Waals surface area contributed by atoms with Crippen molar-refractivity contribution in [2.75, 3.05) is 13.2 Å². The fraction of sp³-hybridized carbons (Fsp3) is 0.500. The van der Waals surface area contributed by atoms with Crippen LogP contribution in [0.15, 0.2) is 28.7 Å². The first-order valence-corrected chi connectivity index (χ1v) is 6.13. The summed E-state index contributed by atoms with van der Waals surface area (Å²) >= 11 is 3.43. The van der Waals surface area contributed by atoms with E-state index >= 15 is 0 Å². The summed E-state index contributed by atoms with van der Waals surface area (Å²) < 4.78 is 6.58. The second-order valence-electron chi connectivity index (χ2n) is 4.12. The van der Waals surface area contributed by atoms with E-state index in [1.165, 1.54) is 5.56 Å². The number of hydrogen-bond donors (Lipinski definition) is 1. The molecule has 2 unspecified atom stereocenters. The summed E-state index contributed by atoms with van der Waals surface area (Å²) in [6.07, 6.45) is 2.01. The van der Waals surface area contributed by atoms with Crippen molar-refractivity contribution in [3.8, 4) is 0 Å². The summed E-state index contributed by atoms with van der Waals surface area (Å²) in [6, 6.07) is 8.73. The van der Waals surface area contributed by atoms with Gasteiger partial charge < -0.3 is 10.5 Å². The summed E-state index contributed by atoms with van der Waals surface area (Å²) in [7, 11) is 0. The van der Waals surface area contributed by atoms with E-state index in [1.807, 2.05) is 0 Å². The van der Waals surface area contributed by atoms with Crippen LogP contribution in [0.1, 0.15) is 12.0 Å². The van der Waals surface area contributed by atoms with Crippen LogP contribution in [0.3, 0.4) is 0 Å². The molecule has 1 aliphatic rings. The molecule has 1 aliphatic heterocycles. The van der Waals surface area contributed by atoms with Gasteiger partial charge in [0.2, 0.25) is 0 Å². The van der Waals surface area contributed by atoms with Gasteiger partial charge in [-0.2, -0.15) is 0 Å². The molecule has 3 heteroatoms. The van der Waals surface area contributed by atoms with Gasteiger partial charge in [0.1, 0.15) is 0 Å². The number of hydrogen-bond acceptors (Lipinski definition) is 2. The number of benzene rings is 1. The van der Waals surface area contributed by atoms with Crippen LogP contribution < -0.4 is 5.73 Å². The zero-order valence-electron chi connectivity index (χ0n) is 8.66. The molecule has 1 saturated heterocycles. The SMILES string of the molecule is NC1CCOCC1Cc1ccc(Br)cc1. The summed E-state index contributed by atoms with van der Waals surface area (Å²) in [5, 5.41) is 0. The first kappa shape index (κ1) is 11.1. The second kappa shape index (κ2) is 5.10. The van der Waals surface area contributed by atoms with Crippen LogP contribution in [0.2, 0.25) is 0 Å². The highest BCUT2D eigenvalue weighted by molar-refractivity contribution is 9.10. The average molecular weight is 270 g/mol. The van der Waals surface area contributed by atoms with Gasteiger partial charge in [0.15, 0.2) is 0 Å². The molecule has 0 saturated carbocycles. The Morgan fingerprint density at radius 1 is 1.33 bits per heavy atom. The smallest absolute Gasteiger partial charge is 0.0512 e. The Hall–Kier alpha value is -0.380. The molecule has 2 atom stereocenters. The van der Waals surface area contributed by atoms with Crippen molar-refractivity contribution < 1.29 is 4.74 Å². The van der Waals surface area contributed by atoms with Gasteiger partial charge in [-0.3, -0.25) is 0 Å². The van der Waals surface area contributed by atoms with Crippen molar-refractivity contribution in [2.45, 2.75) is 18.9 Å². The summed E-state index contributed by atoms with van der Waals surface area (Å²) in [5.41, 5.74) is 7.40. The normalized spacial score (nSPS) is 26.5. The molecular formula is C12H16BrNO. The van der Waals surface area contributed by atoms with Crippen molar-refractivity contribution >= 4 is 15.9 Å². The van der Waals surface area contributed by atoms with E-state index in [4.69, 9.17) is 10.5 Å². The van der Waals surface area contributed by atoms with Crippen molar-refractivity contribution in [3.05, 3.63) is 34.3 Å². The van der Waals surface area contributed by atoms with Crippen LogP contribution in [0.5, 0.6) is 0 Å². The number of rotatable bonds is 2. The van der Waals surface area contributed by atoms with E-state index in [1.54, 1.807) is 0 Å².